The molecule has 0 aliphatic rings. The molecule has 1 aromatic heterocycles. The Morgan fingerprint density at radius 3 is 2.32 bits per heavy atom. The fraction of sp³-hybridized carbons (Fsp3) is 0.357. The highest BCUT2D eigenvalue weighted by molar-refractivity contribution is 5.98. The van der Waals surface area contributed by atoms with E-state index >= 15 is 0 Å². The van der Waals surface area contributed by atoms with Crippen molar-refractivity contribution in [2.75, 3.05) is 12.4 Å². The van der Waals surface area contributed by atoms with Gasteiger partial charge in [-0.3, -0.25) is 14.4 Å². The van der Waals surface area contributed by atoms with Gasteiger partial charge in [0.25, 0.3) is 0 Å². The number of carbonyl (C=O) groups is 4. The predicted octanol–water partition coefficient (Wildman–Crippen LogP) is 4.15. The second-order valence-corrected chi connectivity index (χ2v) is 9.46. The SMILES string of the molecule is COC(=O)c1ccc(NC(=O)C(CC(C)C)NC(=O)C(CCc2cc3ccccc3[nH]2)CC(=O)O)cc1. The summed E-state index contributed by atoms with van der Waals surface area (Å²) in [5.74, 6) is -3.15. The van der Waals surface area contributed by atoms with Crippen LogP contribution >= 0.6 is 0 Å². The molecule has 9 heteroatoms. The number of amides is 2. The Kier molecular flexibility index (Phi) is 9.43. The van der Waals surface area contributed by atoms with Gasteiger partial charge in [-0.2, -0.15) is 0 Å². The molecule has 0 spiro atoms. The maximum Gasteiger partial charge on any atom is 0.337 e. The minimum Gasteiger partial charge on any atom is -0.481 e. The number of aliphatic carboxylic acids is 1. The van der Waals surface area contributed by atoms with Crippen LogP contribution in [0.25, 0.3) is 10.9 Å². The number of para-hydroxylation sites is 1. The number of methoxy groups -OCH3 is 1. The van der Waals surface area contributed by atoms with Crippen LogP contribution in [0.4, 0.5) is 5.69 Å². The van der Waals surface area contributed by atoms with Gasteiger partial charge in [-0.05, 0) is 67.0 Å². The molecule has 1 heterocycles. The van der Waals surface area contributed by atoms with E-state index < -0.39 is 35.7 Å². The van der Waals surface area contributed by atoms with Gasteiger partial charge in [0.1, 0.15) is 6.04 Å². The van der Waals surface area contributed by atoms with E-state index in [1.54, 1.807) is 12.1 Å². The van der Waals surface area contributed by atoms with Crippen molar-refractivity contribution in [3.8, 4) is 0 Å². The summed E-state index contributed by atoms with van der Waals surface area (Å²) >= 11 is 0. The minimum absolute atomic E-state index is 0.0991. The molecule has 196 valence electrons. The van der Waals surface area contributed by atoms with Gasteiger partial charge in [0.15, 0.2) is 0 Å². The zero-order valence-corrected chi connectivity index (χ0v) is 21.2. The van der Waals surface area contributed by atoms with E-state index in [4.69, 9.17) is 0 Å². The minimum atomic E-state index is -1.08. The number of rotatable bonds is 12. The van der Waals surface area contributed by atoms with Crippen molar-refractivity contribution in [3.63, 3.8) is 0 Å². The average molecular weight is 508 g/mol. The lowest BCUT2D eigenvalue weighted by Crippen LogP contribution is -2.47. The van der Waals surface area contributed by atoms with Crippen LogP contribution in [0.3, 0.4) is 0 Å². The molecule has 2 atom stereocenters. The summed E-state index contributed by atoms with van der Waals surface area (Å²) in [5.41, 5.74) is 2.70. The summed E-state index contributed by atoms with van der Waals surface area (Å²) in [6.07, 6.45) is 0.848. The number of nitrogens with one attached hydrogen (secondary N) is 3. The molecular formula is C28H33N3O6. The summed E-state index contributed by atoms with van der Waals surface area (Å²) in [6, 6.07) is 15.2. The first-order chi connectivity index (χ1) is 17.7. The number of esters is 1. The molecule has 0 aliphatic carbocycles. The van der Waals surface area contributed by atoms with Crippen LogP contribution in [-0.4, -0.2) is 47.0 Å². The Morgan fingerprint density at radius 2 is 1.70 bits per heavy atom. The van der Waals surface area contributed by atoms with Gasteiger partial charge in [-0.25, -0.2) is 4.79 Å². The van der Waals surface area contributed by atoms with Crippen LogP contribution in [0.1, 0.15) is 49.2 Å². The van der Waals surface area contributed by atoms with Gasteiger partial charge >= 0.3 is 11.9 Å². The fourth-order valence-corrected chi connectivity index (χ4v) is 4.16. The van der Waals surface area contributed by atoms with Gasteiger partial charge in [-0.15, -0.1) is 0 Å². The third kappa shape index (κ3) is 7.93. The van der Waals surface area contributed by atoms with Crippen molar-refractivity contribution < 1.29 is 29.0 Å². The third-order valence-corrected chi connectivity index (χ3v) is 6.05. The van der Waals surface area contributed by atoms with E-state index in [0.29, 0.717) is 30.5 Å². The molecule has 0 bridgehead atoms. The number of carboxylic acid groups (broad SMARTS) is 1. The van der Waals surface area contributed by atoms with Crippen molar-refractivity contribution in [1.82, 2.24) is 10.3 Å². The standard InChI is InChI=1S/C28H33N3O6/c1-17(2)14-24(27(35)30-21-11-8-18(9-12-21)28(36)37-3)31-26(34)20(16-25(32)33)10-13-22-15-19-6-4-5-7-23(19)29-22/h4-9,11-12,15,17,20,24,29H,10,13-14,16H2,1-3H3,(H,30,35)(H,31,34)(H,32,33). The van der Waals surface area contributed by atoms with Crippen molar-refractivity contribution in [3.05, 3.63) is 65.9 Å². The number of anilines is 1. The van der Waals surface area contributed by atoms with Crippen molar-refractivity contribution >= 4 is 40.3 Å². The van der Waals surface area contributed by atoms with E-state index in [0.717, 1.165) is 16.6 Å². The largest absolute Gasteiger partial charge is 0.481 e. The van der Waals surface area contributed by atoms with E-state index in [2.05, 4.69) is 20.4 Å². The van der Waals surface area contributed by atoms with Gasteiger partial charge in [0.2, 0.25) is 11.8 Å². The number of hydrogen-bond acceptors (Lipinski definition) is 5. The van der Waals surface area contributed by atoms with Crippen molar-refractivity contribution in [1.29, 1.82) is 0 Å². The summed E-state index contributed by atoms with van der Waals surface area (Å²) in [6.45, 7) is 3.87. The zero-order chi connectivity index (χ0) is 26.9. The molecule has 2 aromatic carbocycles. The molecule has 2 amide bonds. The van der Waals surface area contributed by atoms with Crippen LogP contribution in [-0.2, 0) is 25.5 Å². The van der Waals surface area contributed by atoms with E-state index in [-0.39, 0.29) is 12.3 Å². The number of carbonyl (C=O) groups excluding carboxylic acids is 3. The normalized spacial score (nSPS) is 12.6. The second-order valence-electron chi connectivity index (χ2n) is 9.46. The Balaban J connectivity index is 1.68. The highest BCUT2D eigenvalue weighted by Crippen LogP contribution is 2.20. The number of carboxylic acids is 1. The number of aryl methyl sites for hydroxylation is 1. The van der Waals surface area contributed by atoms with Gasteiger partial charge in [0, 0.05) is 22.8 Å². The first kappa shape index (κ1) is 27.4. The number of benzene rings is 2. The topological polar surface area (TPSA) is 138 Å². The third-order valence-electron chi connectivity index (χ3n) is 6.05. The Bertz CT molecular complexity index is 1220. The quantitative estimate of drug-likeness (QED) is 0.272. The van der Waals surface area contributed by atoms with Gasteiger partial charge in [0.05, 0.1) is 19.1 Å². The van der Waals surface area contributed by atoms with Crippen LogP contribution in [0.2, 0.25) is 0 Å². The molecule has 3 aromatic rings. The number of hydrogen-bond donors (Lipinski definition) is 4. The van der Waals surface area contributed by atoms with Crippen LogP contribution in [0, 0.1) is 11.8 Å². The first-order valence-electron chi connectivity index (χ1n) is 12.2. The lowest BCUT2D eigenvalue weighted by atomic mass is 9.95. The first-order valence-corrected chi connectivity index (χ1v) is 12.2. The Morgan fingerprint density at radius 1 is 1.00 bits per heavy atom. The summed E-state index contributed by atoms with van der Waals surface area (Å²) in [7, 11) is 1.29. The highest BCUT2D eigenvalue weighted by atomic mass is 16.5. The van der Waals surface area contributed by atoms with E-state index in [1.807, 2.05) is 44.2 Å². The zero-order valence-electron chi connectivity index (χ0n) is 21.2. The van der Waals surface area contributed by atoms with Gasteiger partial charge in [-0.1, -0.05) is 32.0 Å². The maximum atomic E-state index is 13.2. The molecule has 0 saturated carbocycles. The van der Waals surface area contributed by atoms with Gasteiger partial charge < -0.3 is 25.5 Å². The molecule has 3 rings (SSSR count). The van der Waals surface area contributed by atoms with Crippen molar-refractivity contribution in [2.45, 2.75) is 45.6 Å². The molecule has 0 radical (unpaired) electrons. The lowest BCUT2D eigenvalue weighted by Gasteiger charge is -2.23. The van der Waals surface area contributed by atoms with Crippen molar-refractivity contribution in [2.24, 2.45) is 11.8 Å². The van der Waals surface area contributed by atoms with Crippen LogP contribution in [0.15, 0.2) is 54.6 Å². The average Bonchev–Trinajstić information content (AvgIpc) is 3.28. The molecule has 0 saturated heterocycles. The molecular weight excluding hydrogens is 474 g/mol. The monoisotopic (exact) mass is 507 g/mol. The van der Waals surface area contributed by atoms with E-state index in [9.17, 15) is 24.3 Å². The lowest BCUT2D eigenvalue weighted by molar-refractivity contribution is -0.141. The Hall–Kier alpha value is -4.14. The summed E-state index contributed by atoms with van der Waals surface area (Å²) < 4.78 is 4.68. The number of aromatic nitrogens is 1. The predicted molar refractivity (Wildman–Crippen MR) is 140 cm³/mol. The smallest absolute Gasteiger partial charge is 0.337 e. The second kappa shape index (κ2) is 12.7. The van der Waals surface area contributed by atoms with E-state index in [1.165, 1.54) is 19.2 Å². The molecule has 4 N–H and O–H groups in total. The molecule has 0 aliphatic heterocycles. The molecule has 37 heavy (non-hydrogen) atoms. The summed E-state index contributed by atoms with van der Waals surface area (Å²) in [5, 5.41) is 16.0. The number of H-pyrrole nitrogens is 1. The fourth-order valence-electron chi connectivity index (χ4n) is 4.16. The molecule has 2 unspecified atom stereocenters. The number of aromatic amines is 1. The van der Waals surface area contributed by atoms with Crippen LogP contribution in [0.5, 0.6) is 0 Å². The Labute approximate surface area is 215 Å². The molecule has 0 fully saturated rings. The number of fused-ring (bicyclic) bond motifs is 1. The summed E-state index contributed by atoms with van der Waals surface area (Å²) in [4.78, 5) is 52.6. The number of ether oxygens (including phenoxy) is 1. The molecule has 9 nitrogen and oxygen atoms in total. The van der Waals surface area contributed by atoms with Crippen LogP contribution < -0.4 is 10.6 Å². The highest BCUT2D eigenvalue weighted by Gasteiger charge is 2.28. The maximum absolute atomic E-state index is 13.2.